The Labute approximate surface area is 114 Å². The molecule has 1 aliphatic rings. The summed E-state index contributed by atoms with van der Waals surface area (Å²) in [4.78, 5) is 18.5. The standard InChI is InChI=1S/C14H21N3O2/c1-4-16-13-5-6-15-7-12(13)14(18)17-8-10(2)19-11(3)9-17/h5-7,10-11H,4,8-9H2,1-3H3,(H,15,16)/t10-,11+. The molecule has 0 aliphatic carbocycles. The van der Waals surface area contributed by atoms with Crippen LogP contribution in [-0.2, 0) is 4.74 Å². The maximum atomic E-state index is 12.6. The minimum absolute atomic E-state index is 0.0195. The predicted molar refractivity (Wildman–Crippen MR) is 74.3 cm³/mol. The lowest BCUT2D eigenvalue weighted by atomic mass is 10.1. The normalized spacial score (nSPS) is 23.2. The minimum Gasteiger partial charge on any atom is -0.385 e. The Kier molecular flexibility index (Phi) is 4.37. The highest BCUT2D eigenvalue weighted by molar-refractivity contribution is 5.99. The Morgan fingerprint density at radius 2 is 2.16 bits per heavy atom. The molecule has 2 rings (SSSR count). The van der Waals surface area contributed by atoms with Gasteiger partial charge in [-0.05, 0) is 26.8 Å². The molecule has 1 aromatic rings. The van der Waals surface area contributed by atoms with E-state index in [4.69, 9.17) is 4.74 Å². The Hall–Kier alpha value is -1.62. The largest absolute Gasteiger partial charge is 0.385 e. The molecule has 2 atom stereocenters. The van der Waals surface area contributed by atoms with E-state index in [-0.39, 0.29) is 18.1 Å². The summed E-state index contributed by atoms with van der Waals surface area (Å²) in [6.07, 6.45) is 3.48. The number of aromatic nitrogens is 1. The minimum atomic E-state index is 0.0195. The Morgan fingerprint density at radius 1 is 1.47 bits per heavy atom. The molecular weight excluding hydrogens is 242 g/mol. The number of hydrogen-bond acceptors (Lipinski definition) is 4. The summed E-state index contributed by atoms with van der Waals surface area (Å²) < 4.78 is 5.66. The lowest BCUT2D eigenvalue weighted by molar-refractivity contribution is -0.0586. The first-order valence-corrected chi connectivity index (χ1v) is 6.74. The fourth-order valence-corrected chi connectivity index (χ4v) is 2.42. The molecule has 1 N–H and O–H groups in total. The average molecular weight is 263 g/mol. The third kappa shape index (κ3) is 3.23. The van der Waals surface area contributed by atoms with Gasteiger partial charge in [-0.2, -0.15) is 0 Å². The number of ether oxygens (including phenoxy) is 1. The third-order valence-corrected chi connectivity index (χ3v) is 3.13. The highest BCUT2D eigenvalue weighted by atomic mass is 16.5. The van der Waals surface area contributed by atoms with Crippen LogP contribution in [0.2, 0.25) is 0 Å². The van der Waals surface area contributed by atoms with Crippen LogP contribution in [0, 0.1) is 0 Å². The summed E-state index contributed by atoms with van der Waals surface area (Å²) in [7, 11) is 0. The van der Waals surface area contributed by atoms with E-state index in [0.717, 1.165) is 12.2 Å². The van der Waals surface area contributed by atoms with Gasteiger partial charge in [0.2, 0.25) is 0 Å². The molecule has 19 heavy (non-hydrogen) atoms. The smallest absolute Gasteiger partial charge is 0.257 e. The highest BCUT2D eigenvalue weighted by Gasteiger charge is 2.27. The van der Waals surface area contributed by atoms with Crippen molar-refractivity contribution in [3.8, 4) is 0 Å². The van der Waals surface area contributed by atoms with Crippen LogP contribution in [-0.4, -0.2) is 47.6 Å². The second-order valence-electron chi connectivity index (χ2n) is 4.92. The van der Waals surface area contributed by atoms with Crippen molar-refractivity contribution >= 4 is 11.6 Å². The number of rotatable bonds is 3. The van der Waals surface area contributed by atoms with Crippen molar-refractivity contribution in [3.05, 3.63) is 24.0 Å². The number of nitrogens with zero attached hydrogens (tertiary/aromatic N) is 2. The van der Waals surface area contributed by atoms with Crippen LogP contribution in [0.25, 0.3) is 0 Å². The number of morpholine rings is 1. The first-order valence-electron chi connectivity index (χ1n) is 6.74. The van der Waals surface area contributed by atoms with Gasteiger partial charge in [0.1, 0.15) is 0 Å². The van der Waals surface area contributed by atoms with Crippen LogP contribution in [0.15, 0.2) is 18.5 Å². The van der Waals surface area contributed by atoms with Gasteiger partial charge in [-0.3, -0.25) is 9.78 Å². The van der Waals surface area contributed by atoms with Gasteiger partial charge >= 0.3 is 0 Å². The van der Waals surface area contributed by atoms with Crippen molar-refractivity contribution in [3.63, 3.8) is 0 Å². The van der Waals surface area contributed by atoms with Gasteiger partial charge in [-0.15, -0.1) is 0 Å². The van der Waals surface area contributed by atoms with E-state index >= 15 is 0 Å². The van der Waals surface area contributed by atoms with E-state index < -0.39 is 0 Å². The Balaban J connectivity index is 2.19. The van der Waals surface area contributed by atoms with Crippen molar-refractivity contribution in [1.29, 1.82) is 0 Å². The lowest BCUT2D eigenvalue weighted by Gasteiger charge is -2.35. The summed E-state index contributed by atoms with van der Waals surface area (Å²) in [5.74, 6) is 0.0195. The fraction of sp³-hybridized carbons (Fsp3) is 0.571. The second-order valence-corrected chi connectivity index (χ2v) is 4.92. The molecule has 2 heterocycles. The highest BCUT2D eigenvalue weighted by Crippen LogP contribution is 2.19. The van der Waals surface area contributed by atoms with Gasteiger partial charge < -0.3 is 15.0 Å². The molecule has 1 saturated heterocycles. The Bertz CT molecular complexity index is 440. The quantitative estimate of drug-likeness (QED) is 0.903. The molecule has 0 unspecified atom stereocenters. The van der Waals surface area contributed by atoms with Gasteiger partial charge in [-0.25, -0.2) is 0 Å². The molecule has 1 aromatic heterocycles. The molecule has 1 fully saturated rings. The molecule has 5 nitrogen and oxygen atoms in total. The SMILES string of the molecule is CCNc1ccncc1C(=O)N1C[C@@H](C)O[C@@H](C)C1. The zero-order chi connectivity index (χ0) is 13.8. The molecule has 5 heteroatoms. The molecule has 1 amide bonds. The summed E-state index contributed by atoms with van der Waals surface area (Å²) in [5.41, 5.74) is 1.47. The summed E-state index contributed by atoms with van der Waals surface area (Å²) in [6.45, 7) is 8.02. The van der Waals surface area contributed by atoms with Crippen LogP contribution in [0.4, 0.5) is 5.69 Å². The van der Waals surface area contributed by atoms with Gasteiger partial charge in [0, 0.05) is 32.0 Å². The zero-order valence-corrected chi connectivity index (χ0v) is 11.7. The number of amides is 1. The van der Waals surface area contributed by atoms with E-state index in [1.807, 2.05) is 31.7 Å². The topological polar surface area (TPSA) is 54.5 Å². The predicted octanol–water partition coefficient (Wildman–Crippen LogP) is 1.76. The number of nitrogens with one attached hydrogen (secondary N) is 1. The second kappa shape index (κ2) is 6.02. The Morgan fingerprint density at radius 3 is 2.79 bits per heavy atom. The van der Waals surface area contributed by atoms with Crippen molar-refractivity contribution in [2.24, 2.45) is 0 Å². The van der Waals surface area contributed by atoms with Crippen molar-refractivity contribution < 1.29 is 9.53 Å². The molecule has 0 spiro atoms. The van der Waals surface area contributed by atoms with Gasteiger partial charge in [0.25, 0.3) is 5.91 Å². The monoisotopic (exact) mass is 263 g/mol. The van der Waals surface area contributed by atoms with E-state index in [1.54, 1.807) is 12.4 Å². The van der Waals surface area contributed by atoms with E-state index in [9.17, 15) is 4.79 Å². The first kappa shape index (κ1) is 13.8. The molecular formula is C14H21N3O2. The average Bonchev–Trinajstić information content (AvgIpc) is 2.38. The lowest BCUT2D eigenvalue weighted by Crippen LogP contribution is -2.48. The van der Waals surface area contributed by atoms with Crippen LogP contribution in [0.5, 0.6) is 0 Å². The van der Waals surface area contributed by atoms with Crippen molar-refractivity contribution in [2.45, 2.75) is 33.0 Å². The summed E-state index contributed by atoms with van der Waals surface area (Å²) in [6, 6.07) is 1.84. The van der Waals surface area contributed by atoms with E-state index in [0.29, 0.717) is 18.7 Å². The molecule has 0 bridgehead atoms. The van der Waals surface area contributed by atoms with Crippen LogP contribution in [0.3, 0.4) is 0 Å². The van der Waals surface area contributed by atoms with Gasteiger partial charge in [0.15, 0.2) is 0 Å². The number of hydrogen-bond donors (Lipinski definition) is 1. The maximum absolute atomic E-state index is 12.6. The number of carbonyl (C=O) groups excluding carboxylic acids is 1. The fourth-order valence-electron chi connectivity index (χ4n) is 2.42. The maximum Gasteiger partial charge on any atom is 0.257 e. The molecule has 1 aliphatic heterocycles. The first-order chi connectivity index (χ1) is 9.11. The van der Waals surface area contributed by atoms with E-state index in [1.165, 1.54) is 0 Å². The number of carbonyl (C=O) groups is 1. The van der Waals surface area contributed by atoms with Gasteiger partial charge in [0.05, 0.1) is 23.5 Å². The van der Waals surface area contributed by atoms with E-state index in [2.05, 4.69) is 10.3 Å². The molecule has 104 valence electrons. The molecule has 0 aromatic carbocycles. The van der Waals surface area contributed by atoms with Crippen molar-refractivity contribution in [2.75, 3.05) is 25.0 Å². The summed E-state index contributed by atoms with van der Waals surface area (Å²) in [5, 5.41) is 3.20. The van der Waals surface area contributed by atoms with Crippen LogP contribution < -0.4 is 5.32 Å². The van der Waals surface area contributed by atoms with Crippen LogP contribution in [0.1, 0.15) is 31.1 Å². The van der Waals surface area contributed by atoms with Crippen molar-refractivity contribution in [1.82, 2.24) is 9.88 Å². The van der Waals surface area contributed by atoms with Gasteiger partial charge in [-0.1, -0.05) is 0 Å². The summed E-state index contributed by atoms with van der Waals surface area (Å²) >= 11 is 0. The third-order valence-electron chi connectivity index (χ3n) is 3.13. The molecule has 0 radical (unpaired) electrons. The number of pyridine rings is 1. The number of anilines is 1. The molecule has 0 saturated carbocycles. The van der Waals surface area contributed by atoms with Crippen LogP contribution >= 0.6 is 0 Å². The zero-order valence-electron chi connectivity index (χ0n) is 11.7.